The van der Waals surface area contributed by atoms with Gasteiger partial charge in [0.1, 0.15) is 0 Å². The van der Waals surface area contributed by atoms with Crippen LogP contribution in [0.2, 0.25) is 0 Å². The number of rotatable bonds is 3. The molecule has 1 fully saturated rings. The van der Waals surface area contributed by atoms with E-state index in [9.17, 15) is 4.79 Å². The highest BCUT2D eigenvalue weighted by atomic mass is 16.5. The maximum Gasteiger partial charge on any atom is 0.257 e. The van der Waals surface area contributed by atoms with E-state index in [0.717, 1.165) is 17.0 Å². The minimum atomic E-state index is 0.0622. The predicted octanol–water partition coefficient (Wildman–Crippen LogP) is 3.11. The molecule has 1 aliphatic rings. The molecule has 25 heavy (non-hydrogen) atoms. The molecular formula is C20H27N3O2. The standard InChI is InChI=1S/C20H27N3O2/c1-13-6-8-18(9-7-13)12-23-17(5)19(16(4)21-23)20(24)22-10-14(2)25-15(3)11-22/h6-9,14-15H,10-12H2,1-5H3/t14-,15+. The van der Waals surface area contributed by atoms with Crippen LogP contribution < -0.4 is 0 Å². The lowest BCUT2D eigenvalue weighted by molar-refractivity contribution is -0.0586. The summed E-state index contributed by atoms with van der Waals surface area (Å²) in [7, 11) is 0. The lowest BCUT2D eigenvalue weighted by Crippen LogP contribution is -2.48. The molecule has 134 valence electrons. The Labute approximate surface area is 149 Å². The molecule has 5 nitrogen and oxygen atoms in total. The highest BCUT2D eigenvalue weighted by molar-refractivity contribution is 5.96. The summed E-state index contributed by atoms with van der Waals surface area (Å²) in [6.45, 7) is 11.9. The summed E-state index contributed by atoms with van der Waals surface area (Å²) in [6.07, 6.45) is 0.131. The van der Waals surface area contributed by atoms with Crippen molar-refractivity contribution < 1.29 is 9.53 Å². The fourth-order valence-electron chi connectivity index (χ4n) is 3.53. The minimum Gasteiger partial charge on any atom is -0.372 e. The third-order valence-electron chi connectivity index (χ3n) is 4.76. The number of morpholine rings is 1. The van der Waals surface area contributed by atoms with Crippen LogP contribution in [-0.4, -0.2) is 45.9 Å². The topological polar surface area (TPSA) is 47.4 Å². The van der Waals surface area contributed by atoms with Crippen LogP contribution in [0.3, 0.4) is 0 Å². The van der Waals surface area contributed by atoms with Crippen LogP contribution in [0.1, 0.15) is 46.7 Å². The van der Waals surface area contributed by atoms with Crippen molar-refractivity contribution in [1.82, 2.24) is 14.7 Å². The van der Waals surface area contributed by atoms with Crippen molar-refractivity contribution in [2.45, 2.75) is 53.4 Å². The Balaban J connectivity index is 1.84. The van der Waals surface area contributed by atoms with Crippen molar-refractivity contribution in [3.05, 3.63) is 52.3 Å². The molecule has 0 aliphatic carbocycles. The SMILES string of the molecule is Cc1ccc(Cn2nc(C)c(C(=O)N3C[C@@H](C)O[C@@H](C)C3)c2C)cc1. The van der Waals surface area contributed by atoms with Gasteiger partial charge in [-0.1, -0.05) is 29.8 Å². The van der Waals surface area contributed by atoms with Gasteiger partial charge in [-0.3, -0.25) is 9.48 Å². The van der Waals surface area contributed by atoms with Crippen LogP contribution in [0, 0.1) is 20.8 Å². The van der Waals surface area contributed by atoms with Gasteiger partial charge in [0.25, 0.3) is 5.91 Å². The molecule has 0 unspecified atom stereocenters. The van der Waals surface area contributed by atoms with E-state index in [-0.39, 0.29) is 18.1 Å². The Kier molecular flexibility index (Phi) is 4.95. The van der Waals surface area contributed by atoms with Gasteiger partial charge in [-0.2, -0.15) is 5.10 Å². The van der Waals surface area contributed by atoms with E-state index >= 15 is 0 Å². The van der Waals surface area contributed by atoms with Gasteiger partial charge in [-0.05, 0) is 40.2 Å². The lowest BCUT2D eigenvalue weighted by Gasteiger charge is -2.35. The number of ether oxygens (including phenoxy) is 1. The van der Waals surface area contributed by atoms with Gasteiger partial charge >= 0.3 is 0 Å². The zero-order chi connectivity index (χ0) is 18.1. The fourth-order valence-corrected chi connectivity index (χ4v) is 3.53. The second-order valence-electron chi connectivity index (χ2n) is 7.16. The number of nitrogens with zero attached hydrogens (tertiary/aromatic N) is 3. The molecule has 0 N–H and O–H groups in total. The van der Waals surface area contributed by atoms with Gasteiger partial charge in [-0.25, -0.2) is 0 Å². The van der Waals surface area contributed by atoms with Crippen LogP contribution in [0.4, 0.5) is 0 Å². The Morgan fingerprint density at radius 1 is 1.12 bits per heavy atom. The summed E-state index contributed by atoms with van der Waals surface area (Å²) in [5.74, 6) is 0.0622. The Bertz CT molecular complexity index is 754. The third kappa shape index (κ3) is 3.76. The fraction of sp³-hybridized carbons (Fsp3) is 0.500. The number of carbonyl (C=O) groups is 1. The van der Waals surface area contributed by atoms with Crippen LogP contribution in [0.25, 0.3) is 0 Å². The molecule has 1 amide bonds. The summed E-state index contributed by atoms with van der Waals surface area (Å²) in [5, 5.41) is 4.62. The molecule has 1 aromatic carbocycles. The molecule has 2 aromatic rings. The van der Waals surface area contributed by atoms with Gasteiger partial charge in [0.15, 0.2) is 0 Å². The maximum absolute atomic E-state index is 13.1. The molecule has 0 bridgehead atoms. The highest BCUT2D eigenvalue weighted by Gasteiger charge is 2.29. The first kappa shape index (κ1) is 17.7. The molecule has 1 aliphatic heterocycles. The van der Waals surface area contributed by atoms with E-state index in [1.165, 1.54) is 11.1 Å². The molecule has 2 heterocycles. The van der Waals surface area contributed by atoms with Crippen LogP contribution in [0.15, 0.2) is 24.3 Å². The van der Waals surface area contributed by atoms with E-state index in [1.807, 2.05) is 37.3 Å². The van der Waals surface area contributed by atoms with Crippen LogP contribution >= 0.6 is 0 Å². The molecular weight excluding hydrogens is 314 g/mol. The Morgan fingerprint density at radius 3 is 2.32 bits per heavy atom. The average molecular weight is 341 g/mol. The number of hydrogen-bond acceptors (Lipinski definition) is 3. The first-order valence-electron chi connectivity index (χ1n) is 8.89. The van der Waals surface area contributed by atoms with Crippen molar-refractivity contribution in [2.75, 3.05) is 13.1 Å². The molecule has 0 radical (unpaired) electrons. The number of benzene rings is 1. The van der Waals surface area contributed by atoms with Gasteiger partial charge in [0.05, 0.1) is 30.0 Å². The molecule has 1 aromatic heterocycles. The third-order valence-corrected chi connectivity index (χ3v) is 4.76. The number of amides is 1. The molecule has 3 rings (SSSR count). The molecule has 2 atom stereocenters. The van der Waals surface area contributed by atoms with Crippen molar-refractivity contribution >= 4 is 5.91 Å². The maximum atomic E-state index is 13.1. The number of aromatic nitrogens is 2. The van der Waals surface area contributed by atoms with E-state index in [2.05, 4.69) is 36.3 Å². The van der Waals surface area contributed by atoms with Crippen molar-refractivity contribution in [1.29, 1.82) is 0 Å². The average Bonchev–Trinajstić information content (AvgIpc) is 2.82. The summed E-state index contributed by atoms with van der Waals surface area (Å²) >= 11 is 0. The van der Waals surface area contributed by atoms with Crippen molar-refractivity contribution in [3.8, 4) is 0 Å². The first-order valence-corrected chi connectivity index (χ1v) is 8.89. The van der Waals surface area contributed by atoms with Crippen LogP contribution in [-0.2, 0) is 11.3 Å². The minimum absolute atomic E-state index is 0.0622. The summed E-state index contributed by atoms with van der Waals surface area (Å²) < 4.78 is 7.67. The Morgan fingerprint density at radius 2 is 1.72 bits per heavy atom. The normalized spacial score (nSPS) is 20.8. The first-order chi connectivity index (χ1) is 11.8. The zero-order valence-corrected chi connectivity index (χ0v) is 15.7. The van der Waals surface area contributed by atoms with Gasteiger partial charge < -0.3 is 9.64 Å². The van der Waals surface area contributed by atoms with E-state index in [0.29, 0.717) is 19.6 Å². The molecule has 5 heteroatoms. The van der Waals surface area contributed by atoms with Crippen LogP contribution in [0.5, 0.6) is 0 Å². The lowest BCUT2D eigenvalue weighted by atomic mass is 10.1. The molecule has 1 saturated heterocycles. The summed E-state index contributed by atoms with van der Waals surface area (Å²) in [4.78, 5) is 15.0. The number of carbonyl (C=O) groups excluding carboxylic acids is 1. The van der Waals surface area contributed by atoms with Gasteiger partial charge in [0, 0.05) is 18.8 Å². The largest absolute Gasteiger partial charge is 0.372 e. The summed E-state index contributed by atoms with van der Waals surface area (Å²) in [5.41, 5.74) is 4.87. The Hall–Kier alpha value is -2.14. The quantitative estimate of drug-likeness (QED) is 0.862. The summed E-state index contributed by atoms with van der Waals surface area (Å²) in [6, 6.07) is 8.42. The van der Waals surface area contributed by atoms with Gasteiger partial charge in [-0.15, -0.1) is 0 Å². The smallest absolute Gasteiger partial charge is 0.257 e. The second-order valence-corrected chi connectivity index (χ2v) is 7.16. The van der Waals surface area contributed by atoms with E-state index in [1.54, 1.807) is 0 Å². The predicted molar refractivity (Wildman–Crippen MR) is 97.9 cm³/mol. The van der Waals surface area contributed by atoms with Crippen molar-refractivity contribution in [3.63, 3.8) is 0 Å². The highest BCUT2D eigenvalue weighted by Crippen LogP contribution is 2.20. The van der Waals surface area contributed by atoms with Crippen molar-refractivity contribution in [2.24, 2.45) is 0 Å². The number of hydrogen-bond donors (Lipinski definition) is 0. The van der Waals surface area contributed by atoms with Gasteiger partial charge in [0.2, 0.25) is 0 Å². The second kappa shape index (κ2) is 7.00. The molecule has 0 spiro atoms. The number of aryl methyl sites for hydroxylation is 2. The van der Waals surface area contributed by atoms with E-state index < -0.39 is 0 Å². The monoisotopic (exact) mass is 341 g/mol. The zero-order valence-electron chi connectivity index (χ0n) is 15.7. The molecule has 0 saturated carbocycles. The van der Waals surface area contributed by atoms with E-state index in [4.69, 9.17) is 4.74 Å².